The van der Waals surface area contributed by atoms with E-state index in [1.54, 1.807) is 0 Å². The molecular formula is C11H18S. The number of hydrogen-bond donors (Lipinski definition) is 1. The molecule has 0 aromatic heterocycles. The Labute approximate surface area is 81.4 Å². The van der Waals surface area contributed by atoms with Crippen molar-refractivity contribution in [2.75, 3.05) is 0 Å². The first-order chi connectivity index (χ1) is 5.52. The third kappa shape index (κ3) is 7.67. The molecule has 1 aromatic rings. The van der Waals surface area contributed by atoms with Crippen LogP contribution in [0.2, 0.25) is 0 Å². The number of rotatable bonds is 0. The summed E-state index contributed by atoms with van der Waals surface area (Å²) in [6.45, 7) is 8.56. The summed E-state index contributed by atoms with van der Waals surface area (Å²) >= 11 is 4.13. The Morgan fingerprint density at radius 3 is 1.58 bits per heavy atom. The van der Waals surface area contributed by atoms with Crippen LogP contribution in [0, 0.1) is 12.8 Å². The molecule has 0 radical (unpaired) electrons. The van der Waals surface area contributed by atoms with Gasteiger partial charge in [0, 0.05) is 4.90 Å². The number of thiol groups is 1. The maximum absolute atomic E-state index is 4.13. The highest BCUT2D eigenvalue weighted by Crippen LogP contribution is 2.05. The Morgan fingerprint density at radius 1 is 1.00 bits per heavy atom. The Bertz CT molecular complexity index is 175. The largest absolute Gasteiger partial charge is 0.143 e. The average molecular weight is 182 g/mol. The van der Waals surface area contributed by atoms with Gasteiger partial charge in [0.05, 0.1) is 0 Å². The van der Waals surface area contributed by atoms with Gasteiger partial charge in [-0.1, -0.05) is 38.5 Å². The van der Waals surface area contributed by atoms with Crippen LogP contribution in [0.1, 0.15) is 26.3 Å². The maximum Gasteiger partial charge on any atom is 0.00401 e. The highest BCUT2D eigenvalue weighted by atomic mass is 32.1. The molecule has 12 heavy (non-hydrogen) atoms. The van der Waals surface area contributed by atoms with Gasteiger partial charge in [-0.25, -0.2) is 0 Å². The highest BCUT2D eigenvalue weighted by molar-refractivity contribution is 7.80. The second-order valence-electron chi connectivity index (χ2n) is 3.57. The quantitative estimate of drug-likeness (QED) is 0.577. The molecule has 0 aliphatic heterocycles. The number of hydrogen-bond acceptors (Lipinski definition) is 1. The van der Waals surface area contributed by atoms with Crippen LogP contribution in [-0.2, 0) is 0 Å². The molecular weight excluding hydrogens is 164 g/mol. The van der Waals surface area contributed by atoms with Gasteiger partial charge in [0.1, 0.15) is 0 Å². The van der Waals surface area contributed by atoms with E-state index in [1.807, 2.05) is 24.3 Å². The molecule has 0 fully saturated rings. The van der Waals surface area contributed by atoms with E-state index in [1.165, 1.54) is 5.56 Å². The Kier molecular flexibility index (Phi) is 5.91. The third-order valence-corrected chi connectivity index (χ3v) is 1.33. The molecule has 0 saturated heterocycles. The maximum atomic E-state index is 4.13. The molecule has 0 heterocycles. The van der Waals surface area contributed by atoms with Crippen LogP contribution in [-0.4, -0.2) is 0 Å². The van der Waals surface area contributed by atoms with Gasteiger partial charge in [-0.2, -0.15) is 0 Å². The van der Waals surface area contributed by atoms with E-state index in [0.29, 0.717) is 0 Å². The van der Waals surface area contributed by atoms with Crippen molar-refractivity contribution in [2.24, 2.45) is 5.92 Å². The summed E-state index contributed by atoms with van der Waals surface area (Å²) in [4.78, 5) is 1.02. The fourth-order valence-corrected chi connectivity index (χ4v) is 0.694. The zero-order valence-electron chi connectivity index (χ0n) is 8.33. The Hall–Kier alpha value is -0.430. The van der Waals surface area contributed by atoms with E-state index in [-0.39, 0.29) is 0 Å². The van der Waals surface area contributed by atoms with Gasteiger partial charge in [-0.3, -0.25) is 0 Å². The summed E-state index contributed by atoms with van der Waals surface area (Å²) in [7, 11) is 0. The van der Waals surface area contributed by atoms with Crippen LogP contribution in [0.25, 0.3) is 0 Å². The predicted octanol–water partition coefficient (Wildman–Crippen LogP) is 3.95. The third-order valence-electron chi connectivity index (χ3n) is 1.03. The molecule has 0 saturated carbocycles. The SMILES string of the molecule is CC(C)C.Cc1ccc(S)cc1. The van der Waals surface area contributed by atoms with E-state index < -0.39 is 0 Å². The fraction of sp³-hybridized carbons (Fsp3) is 0.455. The molecule has 0 amide bonds. The summed E-state index contributed by atoms with van der Waals surface area (Å²) < 4.78 is 0. The lowest BCUT2D eigenvalue weighted by Gasteiger charge is -1.89. The van der Waals surface area contributed by atoms with E-state index in [4.69, 9.17) is 0 Å². The average Bonchev–Trinajstić information content (AvgIpc) is 1.94. The summed E-state index contributed by atoms with van der Waals surface area (Å²) in [5.41, 5.74) is 1.28. The zero-order valence-corrected chi connectivity index (χ0v) is 9.23. The Morgan fingerprint density at radius 2 is 1.33 bits per heavy atom. The molecule has 0 spiro atoms. The molecule has 0 nitrogen and oxygen atoms in total. The van der Waals surface area contributed by atoms with Crippen molar-refractivity contribution in [3.63, 3.8) is 0 Å². The van der Waals surface area contributed by atoms with Gasteiger partial charge in [0.15, 0.2) is 0 Å². The van der Waals surface area contributed by atoms with Gasteiger partial charge >= 0.3 is 0 Å². The minimum atomic E-state index is 0.833. The second kappa shape index (κ2) is 6.13. The van der Waals surface area contributed by atoms with Gasteiger partial charge in [-0.15, -0.1) is 12.6 Å². The molecule has 1 heteroatoms. The van der Waals surface area contributed by atoms with Gasteiger partial charge in [-0.05, 0) is 25.0 Å². The van der Waals surface area contributed by atoms with E-state index in [0.717, 1.165) is 10.8 Å². The normalized spacial score (nSPS) is 9.17. The molecule has 68 valence electrons. The first kappa shape index (κ1) is 11.6. The van der Waals surface area contributed by atoms with E-state index >= 15 is 0 Å². The Balaban J connectivity index is 0.000000261. The summed E-state index contributed by atoms with van der Waals surface area (Å²) in [6, 6.07) is 8.06. The molecule has 0 atom stereocenters. The molecule has 0 aliphatic carbocycles. The second-order valence-corrected chi connectivity index (χ2v) is 4.08. The summed E-state index contributed by atoms with van der Waals surface area (Å²) in [5, 5.41) is 0. The molecule has 0 N–H and O–H groups in total. The van der Waals surface area contributed by atoms with Crippen LogP contribution in [0.4, 0.5) is 0 Å². The van der Waals surface area contributed by atoms with Crippen molar-refractivity contribution in [3.8, 4) is 0 Å². The zero-order chi connectivity index (χ0) is 9.56. The topological polar surface area (TPSA) is 0 Å². The van der Waals surface area contributed by atoms with E-state index in [9.17, 15) is 0 Å². The lowest BCUT2D eigenvalue weighted by molar-refractivity contribution is 0.737. The van der Waals surface area contributed by atoms with Crippen LogP contribution < -0.4 is 0 Å². The number of aryl methyl sites for hydroxylation is 1. The van der Waals surface area contributed by atoms with Crippen LogP contribution in [0.5, 0.6) is 0 Å². The summed E-state index contributed by atoms with van der Waals surface area (Å²) in [6.07, 6.45) is 0. The molecule has 1 rings (SSSR count). The number of benzene rings is 1. The van der Waals surface area contributed by atoms with Crippen molar-refractivity contribution in [1.82, 2.24) is 0 Å². The van der Waals surface area contributed by atoms with Crippen molar-refractivity contribution in [1.29, 1.82) is 0 Å². The molecule has 0 aliphatic rings. The molecule has 1 aromatic carbocycles. The van der Waals surface area contributed by atoms with Crippen molar-refractivity contribution in [3.05, 3.63) is 29.8 Å². The van der Waals surface area contributed by atoms with Crippen molar-refractivity contribution >= 4 is 12.6 Å². The van der Waals surface area contributed by atoms with Gasteiger partial charge < -0.3 is 0 Å². The minimum absolute atomic E-state index is 0.833. The van der Waals surface area contributed by atoms with E-state index in [2.05, 4.69) is 40.3 Å². The predicted molar refractivity (Wildman–Crippen MR) is 58.9 cm³/mol. The minimum Gasteiger partial charge on any atom is -0.143 e. The first-order valence-corrected chi connectivity index (χ1v) is 4.72. The van der Waals surface area contributed by atoms with Gasteiger partial charge in [0.2, 0.25) is 0 Å². The fourth-order valence-electron chi connectivity index (χ4n) is 0.545. The lowest BCUT2D eigenvalue weighted by Crippen LogP contribution is -1.67. The van der Waals surface area contributed by atoms with Crippen LogP contribution in [0.3, 0.4) is 0 Å². The first-order valence-electron chi connectivity index (χ1n) is 4.28. The van der Waals surface area contributed by atoms with Gasteiger partial charge in [0.25, 0.3) is 0 Å². The molecule has 0 unspecified atom stereocenters. The smallest absolute Gasteiger partial charge is 0.00401 e. The lowest BCUT2D eigenvalue weighted by atomic mass is 10.2. The molecule has 0 bridgehead atoms. The van der Waals surface area contributed by atoms with Crippen molar-refractivity contribution < 1.29 is 0 Å². The standard InChI is InChI=1S/C7H8S.C4H10/c1-6-2-4-7(8)5-3-6;1-4(2)3/h2-5,8H,1H3;4H,1-3H3. The summed E-state index contributed by atoms with van der Waals surface area (Å²) in [5.74, 6) is 0.833. The van der Waals surface area contributed by atoms with Crippen molar-refractivity contribution in [2.45, 2.75) is 32.6 Å². The monoisotopic (exact) mass is 182 g/mol. The van der Waals surface area contributed by atoms with Crippen LogP contribution in [0.15, 0.2) is 29.2 Å². The highest BCUT2D eigenvalue weighted by Gasteiger charge is 1.80. The van der Waals surface area contributed by atoms with Crippen LogP contribution >= 0.6 is 12.6 Å².